The van der Waals surface area contributed by atoms with Crippen molar-refractivity contribution in [3.63, 3.8) is 0 Å². The van der Waals surface area contributed by atoms with E-state index in [0.717, 1.165) is 16.3 Å². The van der Waals surface area contributed by atoms with E-state index in [9.17, 15) is 18.0 Å². The Labute approximate surface area is 233 Å². The van der Waals surface area contributed by atoms with Gasteiger partial charge in [0.15, 0.2) is 11.5 Å². The number of anilines is 1. The third kappa shape index (κ3) is 8.36. The summed E-state index contributed by atoms with van der Waals surface area (Å²) >= 11 is 3.42. The Morgan fingerprint density at radius 3 is 2.32 bits per heavy atom. The molecule has 208 valence electrons. The summed E-state index contributed by atoms with van der Waals surface area (Å²) in [4.78, 5) is 27.8. The average molecular weight is 611 g/mol. The largest absolute Gasteiger partial charge is 0.486 e. The van der Waals surface area contributed by atoms with Crippen molar-refractivity contribution in [3.8, 4) is 11.5 Å². The number of nitrogens with one attached hydrogen (secondary N) is 1. The van der Waals surface area contributed by atoms with Gasteiger partial charge in [0.1, 0.15) is 19.3 Å². The Balaban J connectivity index is 1.72. The second-order valence-electron chi connectivity index (χ2n) is 9.73. The van der Waals surface area contributed by atoms with E-state index in [-0.39, 0.29) is 43.7 Å². The third-order valence-electron chi connectivity index (χ3n) is 6.08. The molecule has 11 heteroatoms. The molecule has 0 aromatic heterocycles. The number of hydrogen-bond acceptors (Lipinski definition) is 6. The Hall–Kier alpha value is -2.79. The Kier molecular flexibility index (Phi) is 10.4. The molecule has 1 N–H and O–H groups in total. The first-order valence-corrected chi connectivity index (χ1v) is 15.3. The minimum absolute atomic E-state index is 0.0783. The highest BCUT2D eigenvalue weighted by molar-refractivity contribution is 9.10. The third-order valence-corrected chi connectivity index (χ3v) is 7.81. The number of sulfonamides is 1. The lowest BCUT2D eigenvalue weighted by Crippen LogP contribution is -2.48. The van der Waals surface area contributed by atoms with Gasteiger partial charge in [-0.15, -0.1) is 0 Å². The van der Waals surface area contributed by atoms with Crippen LogP contribution in [0, 0.1) is 5.92 Å². The van der Waals surface area contributed by atoms with Crippen molar-refractivity contribution in [3.05, 3.63) is 52.5 Å². The van der Waals surface area contributed by atoms with Crippen molar-refractivity contribution in [1.29, 1.82) is 0 Å². The molecule has 2 aromatic rings. The lowest BCUT2D eigenvalue weighted by Gasteiger charge is -2.30. The van der Waals surface area contributed by atoms with Crippen LogP contribution in [0.25, 0.3) is 0 Å². The van der Waals surface area contributed by atoms with Crippen LogP contribution in [0.1, 0.15) is 39.2 Å². The molecule has 0 radical (unpaired) electrons. The molecule has 2 amide bonds. The molecule has 1 heterocycles. The van der Waals surface area contributed by atoms with Crippen LogP contribution in [0.4, 0.5) is 5.69 Å². The topological polar surface area (TPSA) is 105 Å². The summed E-state index contributed by atoms with van der Waals surface area (Å²) in [5.74, 6) is 0.885. The number of carbonyl (C=O) groups excluding carboxylic acids is 2. The van der Waals surface area contributed by atoms with Crippen molar-refractivity contribution < 1.29 is 27.5 Å². The molecular formula is C27H36BrN3O6S. The predicted octanol–water partition coefficient (Wildman–Crippen LogP) is 3.96. The van der Waals surface area contributed by atoms with Gasteiger partial charge in [0.2, 0.25) is 21.8 Å². The molecule has 38 heavy (non-hydrogen) atoms. The molecule has 0 spiro atoms. The van der Waals surface area contributed by atoms with Crippen LogP contribution in [-0.2, 0) is 26.2 Å². The van der Waals surface area contributed by atoms with Crippen LogP contribution in [0.3, 0.4) is 0 Å². The molecule has 0 unspecified atom stereocenters. The lowest BCUT2D eigenvalue weighted by atomic mass is 10.1. The zero-order valence-electron chi connectivity index (χ0n) is 22.3. The van der Waals surface area contributed by atoms with Crippen LogP contribution in [-0.4, -0.2) is 63.7 Å². The maximum atomic E-state index is 13.4. The molecule has 1 atom stereocenters. The van der Waals surface area contributed by atoms with E-state index >= 15 is 0 Å². The standard InChI is InChI=1S/C27H36BrN3O6S/c1-19(2)17-29-27(33)20(3)30(18-21-7-9-22(28)10-8-21)26(32)6-5-13-31(38(4,34)35)23-11-12-24-25(16-23)37-15-14-36-24/h7-12,16,19-20H,5-6,13-15,17-18H2,1-4H3,(H,29,33)/t20-/m0/s1. The van der Waals surface area contributed by atoms with E-state index in [1.54, 1.807) is 30.0 Å². The Bertz CT molecular complexity index is 1220. The van der Waals surface area contributed by atoms with Gasteiger partial charge in [0.05, 0.1) is 11.9 Å². The summed E-state index contributed by atoms with van der Waals surface area (Å²) < 4.78 is 38.5. The molecule has 0 bridgehead atoms. The second kappa shape index (κ2) is 13.3. The van der Waals surface area contributed by atoms with E-state index in [1.165, 1.54) is 4.31 Å². The fraction of sp³-hybridized carbons (Fsp3) is 0.481. The zero-order valence-corrected chi connectivity index (χ0v) is 24.7. The maximum Gasteiger partial charge on any atom is 0.242 e. The van der Waals surface area contributed by atoms with E-state index < -0.39 is 16.1 Å². The van der Waals surface area contributed by atoms with Crippen molar-refractivity contribution in [2.45, 2.75) is 46.2 Å². The zero-order chi connectivity index (χ0) is 27.9. The van der Waals surface area contributed by atoms with E-state index in [1.807, 2.05) is 38.1 Å². The van der Waals surface area contributed by atoms with Gasteiger partial charge < -0.3 is 19.7 Å². The molecule has 9 nitrogen and oxygen atoms in total. The van der Waals surface area contributed by atoms with Gasteiger partial charge >= 0.3 is 0 Å². The summed E-state index contributed by atoms with van der Waals surface area (Å²) in [6.45, 7) is 7.43. The van der Waals surface area contributed by atoms with Crippen LogP contribution in [0.5, 0.6) is 11.5 Å². The molecular weight excluding hydrogens is 574 g/mol. The van der Waals surface area contributed by atoms with Crippen LogP contribution < -0.4 is 19.1 Å². The van der Waals surface area contributed by atoms with E-state index in [4.69, 9.17) is 9.47 Å². The summed E-state index contributed by atoms with van der Waals surface area (Å²) in [6.07, 6.45) is 1.49. The number of carbonyl (C=O) groups is 2. The minimum Gasteiger partial charge on any atom is -0.486 e. The number of benzene rings is 2. The number of ether oxygens (including phenoxy) is 2. The average Bonchev–Trinajstić information content (AvgIpc) is 2.87. The highest BCUT2D eigenvalue weighted by Gasteiger charge is 2.27. The minimum atomic E-state index is -3.62. The second-order valence-corrected chi connectivity index (χ2v) is 12.6. The van der Waals surface area contributed by atoms with Gasteiger partial charge in [0.25, 0.3) is 0 Å². The number of nitrogens with zero attached hydrogens (tertiary/aromatic N) is 2. The van der Waals surface area contributed by atoms with E-state index in [0.29, 0.717) is 36.9 Å². The van der Waals surface area contributed by atoms with Crippen LogP contribution in [0.2, 0.25) is 0 Å². The summed E-state index contributed by atoms with van der Waals surface area (Å²) in [5, 5.41) is 2.90. The fourth-order valence-corrected chi connectivity index (χ4v) is 5.23. The maximum absolute atomic E-state index is 13.4. The SMILES string of the molecule is CC(C)CNC(=O)[C@H](C)N(Cc1ccc(Br)cc1)C(=O)CCCN(c1ccc2c(c1)OCCO2)S(C)(=O)=O. The van der Waals surface area contributed by atoms with Crippen LogP contribution in [0.15, 0.2) is 46.9 Å². The number of fused-ring (bicyclic) bond motifs is 1. The van der Waals surface area contributed by atoms with Gasteiger partial charge in [0, 0.05) is 36.6 Å². The summed E-state index contributed by atoms with van der Waals surface area (Å²) in [7, 11) is -3.62. The molecule has 2 aromatic carbocycles. The van der Waals surface area contributed by atoms with Gasteiger partial charge in [-0.3, -0.25) is 13.9 Å². The van der Waals surface area contributed by atoms with Crippen LogP contribution >= 0.6 is 15.9 Å². The van der Waals surface area contributed by atoms with Crippen molar-refractivity contribution in [2.75, 3.05) is 36.9 Å². The number of halogens is 1. The summed E-state index contributed by atoms with van der Waals surface area (Å²) in [6, 6.07) is 11.9. The first kappa shape index (κ1) is 29.8. The van der Waals surface area contributed by atoms with Gasteiger partial charge in [-0.1, -0.05) is 41.9 Å². The quantitative estimate of drug-likeness (QED) is 0.390. The highest BCUT2D eigenvalue weighted by atomic mass is 79.9. The first-order chi connectivity index (χ1) is 18.0. The molecule has 0 aliphatic carbocycles. The Morgan fingerprint density at radius 1 is 1.03 bits per heavy atom. The van der Waals surface area contributed by atoms with Gasteiger partial charge in [-0.05, 0) is 49.1 Å². The lowest BCUT2D eigenvalue weighted by molar-refractivity contribution is -0.140. The summed E-state index contributed by atoms with van der Waals surface area (Å²) in [5.41, 5.74) is 1.33. The first-order valence-electron chi connectivity index (χ1n) is 12.6. The number of hydrogen-bond donors (Lipinski definition) is 1. The van der Waals surface area contributed by atoms with Crippen molar-refractivity contribution in [1.82, 2.24) is 10.2 Å². The van der Waals surface area contributed by atoms with E-state index in [2.05, 4.69) is 21.2 Å². The predicted molar refractivity (Wildman–Crippen MR) is 151 cm³/mol. The van der Waals surface area contributed by atoms with Crippen molar-refractivity contribution in [2.24, 2.45) is 5.92 Å². The van der Waals surface area contributed by atoms with Crippen molar-refractivity contribution >= 4 is 43.5 Å². The monoisotopic (exact) mass is 609 g/mol. The highest BCUT2D eigenvalue weighted by Crippen LogP contribution is 2.34. The molecule has 0 saturated heterocycles. The number of amides is 2. The fourth-order valence-electron chi connectivity index (χ4n) is 4.01. The molecule has 1 aliphatic rings. The number of rotatable bonds is 12. The molecule has 0 fully saturated rings. The smallest absolute Gasteiger partial charge is 0.242 e. The molecule has 3 rings (SSSR count). The van der Waals surface area contributed by atoms with Gasteiger partial charge in [-0.25, -0.2) is 8.42 Å². The molecule has 0 saturated carbocycles. The van der Waals surface area contributed by atoms with Gasteiger partial charge in [-0.2, -0.15) is 0 Å². The normalized spacial score (nSPS) is 13.6. The molecule has 1 aliphatic heterocycles. The Morgan fingerprint density at radius 2 is 1.68 bits per heavy atom.